The molecule has 25 heavy (non-hydrogen) atoms. The van der Waals surface area contributed by atoms with Crippen LogP contribution in [0.5, 0.6) is 0 Å². The molecule has 3 aromatic rings. The van der Waals surface area contributed by atoms with E-state index in [1.165, 1.54) is 23.7 Å². The molecule has 0 saturated heterocycles. The number of hydrogen-bond donors (Lipinski definition) is 1. The molecule has 4 nitrogen and oxygen atoms in total. The van der Waals surface area contributed by atoms with E-state index in [9.17, 15) is 4.39 Å². The molecule has 0 aliphatic heterocycles. The average Bonchev–Trinajstić information content (AvgIpc) is 3.37. The molecule has 4 rings (SSSR count). The van der Waals surface area contributed by atoms with Gasteiger partial charge in [0.2, 0.25) is 0 Å². The summed E-state index contributed by atoms with van der Waals surface area (Å²) < 4.78 is 14.1. The summed E-state index contributed by atoms with van der Waals surface area (Å²) in [5, 5.41) is 13.0. The second-order valence-electron chi connectivity index (χ2n) is 6.25. The van der Waals surface area contributed by atoms with Gasteiger partial charge in [-0.15, -0.1) is 0 Å². The summed E-state index contributed by atoms with van der Waals surface area (Å²) >= 11 is 6.13. The summed E-state index contributed by atoms with van der Waals surface area (Å²) in [5.74, 6) is -0.344. The summed E-state index contributed by atoms with van der Waals surface area (Å²) in [6.45, 7) is 0.856. The standard InChI is InChI=1S/C19H18ClFN4/c20-16-7-4-8-17(21)15(16)12-25-23-18(11-22-14-9-10-14)19(24-25)13-5-2-1-3-6-13/h1-8,14,22H,9-12H2. The van der Waals surface area contributed by atoms with Crippen LogP contribution in [0.15, 0.2) is 48.5 Å². The minimum absolute atomic E-state index is 0.203. The van der Waals surface area contributed by atoms with Crippen molar-refractivity contribution in [3.8, 4) is 11.3 Å². The van der Waals surface area contributed by atoms with Crippen molar-refractivity contribution in [3.63, 3.8) is 0 Å². The first-order valence-electron chi connectivity index (χ1n) is 8.36. The van der Waals surface area contributed by atoms with Crippen molar-refractivity contribution < 1.29 is 4.39 Å². The SMILES string of the molecule is Fc1cccc(Cl)c1Cn1nc(CNC2CC2)c(-c2ccccc2)n1. The second kappa shape index (κ2) is 6.94. The van der Waals surface area contributed by atoms with Gasteiger partial charge in [-0.25, -0.2) is 4.39 Å². The van der Waals surface area contributed by atoms with Gasteiger partial charge >= 0.3 is 0 Å². The van der Waals surface area contributed by atoms with Crippen LogP contribution in [-0.2, 0) is 13.1 Å². The molecule has 1 N–H and O–H groups in total. The van der Waals surface area contributed by atoms with E-state index in [2.05, 4.69) is 15.5 Å². The molecule has 0 atom stereocenters. The lowest BCUT2D eigenvalue weighted by atomic mass is 10.1. The molecule has 0 amide bonds. The van der Waals surface area contributed by atoms with E-state index in [4.69, 9.17) is 11.6 Å². The van der Waals surface area contributed by atoms with E-state index < -0.39 is 0 Å². The van der Waals surface area contributed by atoms with Crippen LogP contribution in [-0.4, -0.2) is 21.0 Å². The number of nitrogens with zero attached hydrogens (tertiary/aromatic N) is 3. The largest absolute Gasteiger partial charge is 0.308 e. The van der Waals surface area contributed by atoms with Gasteiger partial charge in [-0.05, 0) is 25.0 Å². The van der Waals surface area contributed by atoms with Crippen molar-refractivity contribution in [2.45, 2.75) is 32.0 Å². The molecule has 6 heteroatoms. The quantitative estimate of drug-likeness (QED) is 0.725. The zero-order chi connectivity index (χ0) is 17.2. The van der Waals surface area contributed by atoms with Crippen LogP contribution in [0.1, 0.15) is 24.1 Å². The topological polar surface area (TPSA) is 42.7 Å². The van der Waals surface area contributed by atoms with Crippen LogP contribution in [0, 0.1) is 5.82 Å². The molecule has 1 heterocycles. The lowest BCUT2D eigenvalue weighted by Crippen LogP contribution is -2.16. The highest BCUT2D eigenvalue weighted by molar-refractivity contribution is 6.31. The van der Waals surface area contributed by atoms with Gasteiger partial charge in [0.05, 0.1) is 6.54 Å². The van der Waals surface area contributed by atoms with E-state index in [-0.39, 0.29) is 12.4 Å². The van der Waals surface area contributed by atoms with E-state index in [0.717, 1.165) is 17.0 Å². The first-order chi connectivity index (χ1) is 12.2. The van der Waals surface area contributed by atoms with E-state index in [1.54, 1.807) is 12.1 Å². The third-order valence-electron chi connectivity index (χ3n) is 4.27. The minimum Gasteiger partial charge on any atom is -0.308 e. The fourth-order valence-corrected chi connectivity index (χ4v) is 2.97. The molecule has 0 bridgehead atoms. The smallest absolute Gasteiger partial charge is 0.129 e. The Morgan fingerprint density at radius 3 is 2.60 bits per heavy atom. The number of nitrogens with one attached hydrogen (secondary N) is 1. The van der Waals surface area contributed by atoms with Crippen LogP contribution in [0.4, 0.5) is 4.39 Å². The number of benzene rings is 2. The molecule has 1 saturated carbocycles. The highest BCUT2D eigenvalue weighted by Crippen LogP contribution is 2.24. The first kappa shape index (κ1) is 16.2. The Hall–Kier alpha value is -2.24. The lowest BCUT2D eigenvalue weighted by molar-refractivity contribution is 0.543. The summed E-state index contributed by atoms with van der Waals surface area (Å²) in [6, 6.07) is 15.2. The fourth-order valence-electron chi connectivity index (χ4n) is 2.75. The number of rotatable bonds is 6. The van der Waals surface area contributed by atoms with E-state index in [1.807, 2.05) is 30.3 Å². The molecular weight excluding hydrogens is 339 g/mol. The maximum Gasteiger partial charge on any atom is 0.129 e. The second-order valence-corrected chi connectivity index (χ2v) is 6.65. The molecule has 0 spiro atoms. The number of halogens is 2. The zero-order valence-electron chi connectivity index (χ0n) is 13.6. The van der Waals surface area contributed by atoms with Crippen LogP contribution in [0.3, 0.4) is 0 Å². The Labute approximate surface area is 150 Å². The zero-order valence-corrected chi connectivity index (χ0v) is 14.4. The van der Waals surface area contributed by atoms with Gasteiger partial charge in [-0.1, -0.05) is 48.0 Å². The minimum atomic E-state index is -0.344. The predicted octanol–water partition coefficient (Wildman–Crippen LogP) is 4.04. The van der Waals surface area contributed by atoms with Crippen molar-refractivity contribution in [2.24, 2.45) is 0 Å². The molecular formula is C19H18ClFN4. The predicted molar refractivity (Wildman–Crippen MR) is 95.8 cm³/mol. The summed E-state index contributed by atoms with van der Waals surface area (Å²) in [7, 11) is 0. The molecule has 1 aliphatic carbocycles. The third kappa shape index (κ3) is 3.72. The highest BCUT2D eigenvalue weighted by Gasteiger charge is 2.22. The summed E-state index contributed by atoms with van der Waals surface area (Å²) in [5.41, 5.74) is 3.09. The molecule has 2 aromatic carbocycles. The van der Waals surface area contributed by atoms with Crippen LogP contribution >= 0.6 is 11.6 Å². The van der Waals surface area contributed by atoms with Gasteiger partial charge in [0.25, 0.3) is 0 Å². The van der Waals surface area contributed by atoms with Gasteiger partial charge in [-0.3, -0.25) is 0 Å². The normalized spacial score (nSPS) is 14.0. The van der Waals surface area contributed by atoms with Gasteiger partial charge in [0.15, 0.2) is 0 Å². The Balaban J connectivity index is 1.66. The monoisotopic (exact) mass is 356 g/mol. The number of hydrogen-bond acceptors (Lipinski definition) is 3. The number of aromatic nitrogens is 3. The lowest BCUT2D eigenvalue weighted by Gasteiger charge is -2.04. The van der Waals surface area contributed by atoms with Crippen LogP contribution < -0.4 is 5.32 Å². The molecule has 128 valence electrons. The maximum atomic E-state index is 14.1. The summed E-state index contributed by atoms with van der Waals surface area (Å²) in [6.07, 6.45) is 2.42. The van der Waals surface area contributed by atoms with Crippen molar-refractivity contribution in [1.82, 2.24) is 20.3 Å². The maximum absolute atomic E-state index is 14.1. The van der Waals surface area contributed by atoms with Crippen molar-refractivity contribution >= 4 is 11.6 Å². The Morgan fingerprint density at radius 1 is 1.08 bits per heavy atom. The van der Waals surface area contributed by atoms with Gasteiger partial charge < -0.3 is 5.32 Å². The van der Waals surface area contributed by atoms with E-state index in [0.29, 0.717) is 23.2 Å². The molecule has 1 aliphatic rings. The molecule has 0 unspecified atom stereocenters. The van der Waals surface area contributed by atoms with Crippen LogP contribution in [0.2, 0.25) is 5.02 Å². The fraction of sp³-hybridized carbons (Fsp3) is 0.263. The molecule has 1 aromatic heterocycles. The molecule has 1 fully saturated rings. The average molecular weight is 357 g/mol. The van der Waals surface area contributed by atoms with Crippen molar-refractivity contribution in [3.05, 3.63) is 70.6 Å². The van der Waals surface area contributed by atoms with Gasteiger partial charge in [0.1, 0.15) is 17.2 Å². The van der Waals surface area contributed by atoms with Crippen molar-refractivity contribution in [1.29, 1.82) is 0 Å². The Kier molecular flexibility index (Phi) is 4.51. The van der Waals surface area contributed by atoms with Gasteiger partial charge in [0, 0.05) is 28.7 Å². The summed E-state index contributed by atoms with van der Waals surface area (Å²) in [4.78, 5) is 1.52. The Morgan fingerprint density at radius 2 is 1.88 bits per heavy atom. The van der Waals surface area contributed by atoms with E-state index >= 15 is 0 Å². The van der Waals surface area contributed by atoms with Crippen LogP contribution in [0.25, 0.3) is 11.3 Å². The Bertz CT molecular complexity index is 854. The van der Waals surface area contributed by atoms with Gasteiger partial charge in [-0.2, -0.15) is 15.0 Å². The third-order valence-corrected chi connectivity index (χ3v) is 4.62. The molecule has 0 radical (unpaired) electrons. The highest BCUT2D eigenvalue weighted by atomic mass is 35.5. The van der Waals surface area contributed by atoms with Crippen molar-refractivity contribution in [2.75, 3.05) is 0 Å². The first-order valence-corrected chi connectivity index (χ1v) is 8.74.